The van der Waals surface area contributed by atoms with Gasteiger partial charge in [0, 0.05) is 24.4 Å². The van der Waals surface area contributed by atoms with E-state index in [-0.39, 0.29) is 6.54 Å². The summed E-state index contributed by atoms with van der Waals surface area (Å²) < 4.78 is 10.6. The minimum atomic E-state index is -0.761. The standard InChI is InChI=1S/C18H19ClN2O4/c1-24-15-5-3-4-12(10-15)16(25-2)11-20-17(22)18(23)21-14-8-6-13(19)7-9-14/h3-10,16H,11H2,1-2H3,(H,20,22)(H,21,23). The molecule has 1 atom stereocenters. The highest BCUT2D eigenvalue weighted by Crippen LogP contribution is 2.21. The Labute approximate surface area is 151 Å². The van der Waals surface area contributed by atoms with Crippen molar-refractivity contribution < 1.29 is 19.1 Å². The van der Waals surface area contributed by atoms with Crippen molar-refractivity contribution in [3.8, 4) is 5.75 Å². The van der Waals surface area contributed by atoms with Crippen molar-refractivity contribution >= 4 is 29.1 Å². The fraction of sp³-hybridized carbons (Fsp3) is 0.222. The number of benzene rings is 2. The molecule has 0 fully saturated rings. The fourth-order valence-electron chi connectivity index (χ4n) is 2.17. The van der Waals surface area contributed by atoms with Crippen LogP contribution in [0.5, 0.6) is 5.75 Å². The van der Waals surface area contributed by atoms with E-state index in [0.717, 1.165) is 5.56 Å². The highest BCUT2D eigenvalue weighted by molar-refractivity contribution is 6.39. The minimum Gasteiger partial charge on any atom is -0.497 e. The molecule has 6 nitrogen and oxygen atoms in total. The van der Waals surface area contributed by atoms with Gasteiger partial charge in [0.25, 0.3) is 0 Å². The van der Waals surface area contributed by atoms with Crippen molar-refractivity contribution in [3.05, 3.63) is 59.1 Å². The number of hydrogen-bond donors (Lipinski definition) is 2. The molecule has 2 amide bonds. The molecule has 0 bridgehead atoms. The Morgan fingerprint density at radius 1 is 1.08 bits per heavy atom. The second kappa shape index (κ2) is 9.05. The first kappa shape index (κ1) is 18.8. The molecule has 2 rings (SSSR count). The number of carbonyl (C=O) groups excluding carboxylic acids is 2. The second-order valence-corrected chi connectivity index (χ2v) is 5.61. The molecule has 0 aliphatic rings. The van der Waals surface area contributed by atoms with Crippen LogP contribution in [0.3, 0.4) is 0 Å². The van der Waals surface area contributed by atoms with Crippen molar-refractivity contribution in [2.45, 2.75) is 6.10 Å². The second-order valence-electron chi connectivity index (χ2n) is 5.17. The Kier molecular flexibility index (Phi) is 6.80. The predicted molar refractivity (Wildman–Crippen MR) is 95.8 cm³/mol. The van der Waals surface area contributed by atoms with E-state index in [9.17, 15) is 9.59 Å². The van der Waals surface area contributed by atoms with Crippen molar-refractivity contribution in [1.82, 2.24) is 5.32 Å². The van der Waals surface area contributed by atoms with Gasteiger partial charge >= 0.3 is 11.8 Å². The van der Waals surface area contributed by atoms with Gasteiger partial charge in [0.2, 0.25) is 0 Å². The number of nitrogens with one attached hydrogen (secondary N) is 2. The van der Waals surface area contributed by atoms with Crippen LogP contribution in [0.15, 0.2) is 48.5 Å². The lowest BCUT2D eigenvalue weighted by Gasteiger charge is -2.17. The summed E-state index contributed by atoms with van der Waals surface area (Å²) in [6.45, 7) is 0.149. The third-order valence-electron chi connectivity index (χ3n) is 3.51. The summed E-state index contributed by atoms with van der Waals surface area (Å²) in [5, 5.41) is 5.60. The summed E-state index contributed by atoms with van der Waals surface area (Å²) in [7, 11) is 3.11. The van der Waals surface area contributed by atoms with Gasteiger partial charge in [-0.1, -0.05) is 23.7 Å². The molecule has 2 aromatic carbocycles. The number of methoxy groups -OCH3 is 2. The Hall–Kier alpha value is -2.57. The number of ether oxygens (including phenoxy) is 2. The first-order valence-electron chi connectivity index (χ1n) is 7.55. The van der Waals surface area contributed by atoms with Crippen molar-refractivity contribution in [2.24, 2.45) is 0 Å². The number of halogens is 1. The molecule has 0 heterocycles. The van der Waals surface area contributed by atoms with Gasteiger partial charge < -0.3 is 20.1 Å². The lowest BCUT2D eigenvalue weighted by atomic mass is 10.1. The number of amides is 2. The molecule has 7 heteroatoms. The number of rotatable bonds is 6. The highest BCUT2D eigenvalue weighted by atomic mass is 35.5. The summed E-state index contributed by atoms with van der Waals surface area (Å²) in [5.74, 6) is -0.825. The van der Waals surface area contributed by atoms with Gasteiger partial charge in [-0.3, -0.25) is 9.59 Å². The normalized spacial score (nSPS) is 11.5. The number of anilines is 1. The summed E-state index contributed by atoms with van der Waals surface area (Å²) in [5.41, 5.74) is 1.32. The maximum absolute atomic E-state index is 12.0. The minimum absolute atomic E-state index is 0.149. The highest BCUT2D eigenvalue weighted by Gasteiger charge is 2.17. The lowest BCUT2D eigenvalue weighted by Crippen LogP contribution is -2.37. The molecule has 0 aliphatic carbocycles. The molecule has 0 aromatic heterocycles. The van der Waals surface area contributed by atoms with Gasteiger partial charge in [-0.05, 0) is 42.0 Å². The van der Waals surface area contributed by atoms with E-state index in [1.165, 1.54) is 7.11 Å². The molecular formula is C18H19ClN2O4. The van der Waals surface area contributed by atoms with Gasteiger partial charge in [0.05, 0.1) is 13.2 Å². The average molecular weight is 363 g/mol. The molecule has 25 heavy (non-hydrogen) atoms. The lowest BCUT2D eigenvalue weighted by molar-refractivity contribution is -0.136. The number of carbonyl (C=O) groups is 2. The van der Waals surface area contributed by atoms with Gasteiger partial charge in [-0.25, -0.2) is 0 Å². The van der Waals surface area contributed by atoms with Crippen LogP contribution in [0.1, 0.15) is 11.7 Å². The van der Waals surface area contributed by atoms with Gasteiger partial charge in [-0.15, -0.1) is 0 Å². The summed E-state index contributed by atoms with van der Waals surface area (Å²) in [4.78, 5) is 23.9. The third kappa shape index (κ3) is 5.48. The average Bonchev–Trinajstić information content (AvgIpc) is 2.64. The van der Waals surface area contributed by atoms with E-state index >= 15 is 0 Å². The zero-order valence-corrected chi connectivity index (χ0v) is 14.7. The van der Waals surface area contributed by atoms with Crippen molar-refractivity contribution in [3.63, 3.8) is 0 Å². The Morgan fingerprint density at radius 3 is 2.44 bits per heavy atom. The van der Waals surface area contributed by atoms with Crippen LogP contribution in [-0.2, 0) is 14.3 Å². The van der Waals surface area contributed by atoms with E-state index in [1.54, 1.807) is 31.4 Å². The van der Waals surface area contributed by atoms with Crippen LogP contribution in [-0.4, -0.2) is 32.6 Å². The summed E-state index contributed by atoms with van der Waals surface area (Å²) >= 11 is 5.78. The van der Waals surface area contributed by atoms with E-state index in [2.05, 4.69) is 10.6 Å². The molecule has 0 spiro atoms. The van der Waals surface area contributed by atoms with E-state index in [0.29, 0.717) is 16.5 Å². The summed E-state index contributed by atoms with van der Waals surface area (Å²) in [6.07, 6.45) is -0.401. The number of hydrogen-bond acceptors (Lipinski definition) is 4. The molecule has 0 saturated heterocycles. The van der Waals surface area contributed by atoms with Gasteiger partial charge in [-0.2, -0.15) is 0 Å². The molecule has 132 valence electrons. The smallest absolute Gasteiger partial charge is 0.313 e. The predicted octanol–water partition coefficient (Wildman–Crippen LogP) is 2.79. The molecule has 2 N–H and O–H groups in total. The quantitative estimate of drug-likeness (QED) is 0.775. The molecular weight excluding hydrogens is 344 g/mol. The van der Waals surface area contributed by atoms with Crippen LogP contribution in [0.25, 0.3) is 0 Å². The molecule has 0 radical (unpaired) electrons. The monoisotopic (exact) mass is 362 g/mol. The van der Waals surface area contributed by atoms with Crippen LogP contribution in [0.4, 0.5) is 5.69 Å². The van der Waals surface area contributed by atoms with E-state index < -0.39 is 17.9 Å². The largest absolute Gasteiger partial charge is 0.497 e. The van der Waals surface area contributed by atoms with Gasteiger partial charge in [0.15, 0.2) is 0 Å². The van der Waals surface area contributed by atoms with Crippen LogP contribution < -0.4 is 15.4 Å². The Balaban J connectivity index is 1.92. The molecule has 1 unspecified atom stereocenters. The molecule has 0 saturated carbocycles. The molecule has 0 aliphatic heterocycles. The zero-order chi connectivity index (χ0) is 18.2. The fourth-order valence-corrected chi connectivity index (χ4v) is 2.29. The summed E-state index contributed by atoms with van der Waals surface area (Å²) in [6, 6.07) is 13.8. The Morgan fingerprint density at radius 2 is 1.80 bits per heavy atom. The third-order valence-corrected chi connectivity index (χ3v) is 3.76. The first-order valence-corrected chi connectivity index (χ1v) is 7.92. The van der Waals surface area contributed by atoms with Crippen molar-refractivity contribution in [2.75, 3.05) is 26.1 Å². The maximum Gasteiger partial charge on any atom is 0.313 e. The SMILES string of the molecule is COc1cccc(C(CNC(=O)C(=O)Nc2ccc(Cl)cc2)OC)c1. The topological polar surface area (TPSA) is 76.7 Å². The molecule has 2 aromatic rings. The van der Waals surface area contributed by atoms with E-state index in [4.69, 9.17) is 21.1 Å². The Bertz CT molecular complexity index is 734. The van der Waals surface area contributed by atoms with E-state index in [1.807, 2.05) is 24.3 Å². The maximum atomic E-state index is 12.0. The zero-order valence-electron chi connectivity index (χ0n) is 13.9. The first-order chi connectivity index (χ1) is 12.0. The van der Waals surface area contributed by atoms with Crippen molar-refractivity contribution in [1.29, 1.82) is 0 Å². The van der Waals surface area contributed by atoms with Crippen LogP contribution in [0.2, 0.25) is 5.02 Å². The van der Waals surface area contributed by atoms with Crippen LogP contribution >= 0.6 is 11.6 Å². The van der Waals surface area contributed by atoms with Gasteiger partial charge in [0.1, 0.15) is 5.75 Å². The van der Waals surface area contributed by atoms with Crippen LogP contribution in [0, 0.1) is 0 Å².